The fraction of sp³-hybridized carbons (Fsp3) is 0.267. The van der Waals surface area contributed by atoms with Crippen molar-refractivity contribution in [3.05, 3.63) is 47.8 Å². The smallest absolute Gasteiger partial charge is 0.131 e. The molecule has 1 aliphatic rings. The molecule has 0 saturated heterocycles. The lowest BCUT2D eigenvalue weighted by atomic mass is 10.1. The molecule has 0 spiro atoms. The van der Waals surface area contributed by atoms with Crippen LogP contribution in [0.15, 0.2) is 36.7 Å². The van der Waals surface area contributed by atoms with Gasteiger partial charge in [0.05, 0.1) is 7.11 Å². The summed E-state index contributed by atoms with van der Waals surface area (Å²) in [6.45, 7) is 0. The lowest BCUT2D eigenvalue weighted by Crippen LogP contribution is -1.93. The Morgan fingerprint density at radius 2 is 1.89 bits per heavy atom. The number of nitrogens with zero attached hydrogens (tertiary/aromatic N) is 1. The molecule has 0 unspecified atom stereocenters. The van der Waals surface area contributed by atoms with Crippen LogP contribution < -0.4 is 9.47 Å². The zero-order valence-corrected chi connectivity index (χ0v) is 10.3. The van der Waals surface area contributed by atoms with Gasteiger partial charge in [-0.25, -0.2) is 0 Å². The zero-order chi connectivity index (χ0) is 12.4. The summed E-state index contributed by atoms with van der Waals surface area (Å²) < 4.78 is 11.3. The van der Waals surface area contributed by atoms with Crippen LogP contribution in [-0.2, 0) is 12.8 Å². The van der Waals surface area contributed by atoms with Crippen LogP contribution in [0.3, 0.4) is 0 Å². The molecule has 1 aromatic carbocycles. The van der Waals surface area contributed by atoms with Gasteiger partial charge in [-0.2, -0.15) is 0 Å². The molecule has 3 rings (SSSR count). The van der Waals surface area contributed by atoms with Gasteiger partial charge in [0.15, 0.2) is 0 Å². The minimum Gasteiger partial charge on any atom is -0.496 e. The summed E-state index contributed by atoms with van der Waals surface area (Å²) in [6, 6.07) is 7.77. The Morgan fingerprint density at radius 1 is 1.06 bits per heavy atom. The van der Waals surface area contributed by atoms with Gasteiger partial charge in [0.2, 0.25) is 0 Å². The molecule has 1 aliphatic carbocycles. The average Bonchev–Trinajstić information content (AvgIpc) is 2.87. The topological polar surface area (TPSA) is 31.4 Å². The van der Waals surface area contributed by atoms with E-state index in [2.05, 4.69) is 11.1 Å². The van der Waals surface area contributed by atoms with E-state index < -0.39 is 0 Å². The van der Waals surface area contributed by atoms with E-state index in [4.69, 9.17) is 9.47 Å². The molecule has 3 nitrogen and oxygen atoms in total. The van der Waals surface area contributed by atoms with Gasteiger partial charge in [0.1, 0.15) is 17.2 Å². The average molecular weight is 241 g/mol. The highest BCUT2D eigenvalue weighted by Gasteiger charge is 2.17. The third-order valence-corrected chi connectivity index (χ3v) is 3.25. The van der Waals surface area contributed by atoms with E-state index in [9.17, 15) is 0 Å². The summed E-state index contributed by atoms with van der Waals surface area (Å²) in [6.07, 6.45) is 6.86. The lowest BCUT2D eigenvalue weighted by molar-refractivity contribution is 0.404. The third-order valence-electron chi connectivity index (χ3n) is 3.25. The summed E-state index contributed by atoms with van der Waals surface area (Å²) in [5, 5.41) is 0. The molecule has 92 valence electrons. The van der Waals surface area contributed by atoms with E-state index >= 15 is 0 Å². The third kappa shape index (κ3) is 2.04. The molecule has 0 aliphatic heterocycles. The Labute approximate surface area is 106 Å². The highest BCUT2D eigenvalue weighted by atomic mass is 16.5. The summed E-state index contributed by atoms with van der Waals surface area (Å²) in [7, 11) is 1.71. The molecule has 0 fully saturated rings. The van der Waals surface area contributed by atoms with Crippen molar-refractivity contribution in [2.75, 3.05) is 7.11 Å². The van der Waals surface area contributed by atoms with Crippen LogP contribution >= 0.6 is 0 Å². The number of fused-ring (bicyclic) bond motifs is 1. The molecule has 2 aromatic rings. The summed E-state index contributed by atoms with van der Waals surface area (Å²) in [5.41, 5.74) is 2.68. The number of aryl methyl sites for hydroxylation is 1. The van der Waals surface area contributed by atoms with Crippen molar-refractivity contribution in [1.29, 1.82) is 0 Å². The largest absolute Gasteiger partial charge is 0.496 e. The van der Waals surface area contributed by atoms with Crippen molar-refractivity contribution in [2.45, 2.75) is 19.3 Å². The molecule has 1 heterocycles. The normalized spacial score (nSPS) is 13.2. The Bertz CT molecular complexity index is 552. The molecule has 3 heteroatoms. The van der Waals surface area contributed by atoms with Gasteiger partial charge in [-0.3, -0.25) is 4.98 Å². The van der Waals surface area contributed by atoms with Crippen LogP contribution in [0.4, 0.5) is 0 Å². The van der Waals surface area contributed by atoms with Crippen LogP contribution in [0.25, 0.3) is 0 Å². The summed E-state index contributed by atoms with van der Waals surface area (Å²) in [4.78, 5) is 3.97. The first kappa shape index (κ1) is 11.1. The van der Waals surface area contributed by atoms with Crippen molar-refractivity contribution < 1.29 is 9.47 Å². The molecular weight excluding hydrogens is 226 g/mol. The maximum Gasteiger partial charge on any atom is 0.131 e. The van der Waals surface area contributed by atoms with E-state index in [1.165, 1.54) is 17.5 Å². The first-order valence-corrected chi connectivity index (χ1v) is 6.14. The van der Waals surface area contributed by atoms with Crippen molar-refractivity contribution >= 4 is 0 Å². The lowest BCUT2D eigenvalue weighted by Gasteiger charge is -2.11. The van der Waals surface area contributed by atoms with E-state index in [1.54, 1.807) is 19.5 Å². The molecule has 1 aromatic heterocycles. The maximum atomic E-state index is 5.83. The minimum atomic E-state index is 0.796. The minimum absolute atomic E-state index is 0.796. The Balaban J connectivity index is 1.94. The number of hydrogen-bond acceptors (Lipinski definition) is 3. The molecular formula is C15H15NO2. The number of hydrogen-bond donors (Lipinski definition) is 0. The van der Waals surface area contributed by atoms with Crippen LogP contribution in [0.2, 0.25) is 0 Å². The van der Waals surface area contributed by atoms with Gasteiger partial charge in [-0.1, -0.05) is 0 Å². The molecule has 0 radical (unpaired) electrons. The van der Waals surface area contributed by atoms with Gasteiger partial charge in [0, 0.05) is 18.5 Å². The number of rotatable bonds is 3. The van der Waals surface area contributed by atoms with E-state index in [0.717, 1.165) is 30.1 Å². The van der Waals surface area contributed by atoms with Gasteiger partial charge in [-0.15, -0.1) is 0 Å². The van der Waals surface area contributed by atoms with Gasteiger partial charge < -0.3 is 9.47 Å². The van der Waals surface area contributed by atoms with Crippen molar-refractivity contribution in [3.63, 3.8) is 0 Å². The molecule has 0 amide bonds. The number of methoxy groups -OCH3 is 1. The molecule has 0 saturated carbocycles. The van der Waals surface area contributed by atoms with Gasteiger partial charge >= 0.3 is 0 Å². The predicted molar refractivity (Wildman–Crippen MR) is 69.3 cm³/mol. The first-order valence-electron chi connectivity index (χ1n) is 6.14. The van der Waals surface area contributed by atoms with E-state index in [0.29, 0.717) is 0 Å². The van der Waals surface area contributed by atoms with Crippen molar-refractivity contribution in [2.24, 2.45) is 0 Å². The van der Waals surface area contributed by atoms with Gasteiger partial charge in [-0.05, 0) is 48.6 Å². The predicted octanol–water partition coefficient (Wildman–Crippen LogP) is 3.37. The SMILES string of the molecule is COc1cc(Oc2ccncc2)cc2c1CCC2. The fourth-order valence-corrected chi connectivity index (χ4v) is 2.42. The van der Waals surface area contributed by atoms with Crippen LogP contribution in [0.1, 0.15) is 17.5 Å². The Morgan fingerprint density at radius 3 is 2.67 bits per heavy atom. The highest BCUT2D eigenvalue weighted by Crippen LogP contribution is 2.36. The second-order valence-corrected chi connectivity index (χ2v) is 4.40. The zero-order valence-electron chi connectivity index (χ0n) is 10.3. The fourth-order valence-electron chi connectivity index (χ4n) is 2.42. The Kier molecular flexibility index (Phi) is 2.89. The summed E-state index contributed by atoms with van der Waals surface area (Å²) in [5.74, 6) is 2.57. The maximum absolute atomic E-state index is 5.83. The quantitative estimate of drug-likeness (QED) is 0.825. The first-order chi connectivity index (χ1) is 8.86. The van der Waals surface area contributed by atoms with Crippen LogP contribution in [0, 0.1) is 0 Å². The van der Waals surface area contributed by atoms with E-state index in [1.807, 2.05) is 18.2 Å². The number of aromatic nitrogens is 1. The van der Waals surface area contributed by atoms with Crippen LogP contribution in [-0.4, -0.2) is 12.1 Å². The molecule has 0 atom stereocenters. The van der Waals surface area contributed by atoms with Crippen molar-refractivity contribution in [3.8, 4) is 17.2 Å². The second-order valence-electron chi connectivity index (χ2n) is 4.40. The van der Waals surface area contributed by atoms with Crippen LogP contribution in [0.5, 0.6) is 17.2 Å². The van der Waals surface area contributed by atoms with E-state index in [-0.39, 0.29) is 0 Å². The Hall–Kier alpha value is -2.03. The standard InChI is InChI=1S/C15H15NO2/c1-17-15-10-13(9-11-3-2-4-14(11)15)18-12-5-7-16-8-6-12/h5-10H,2-4H2,1H3. The number of ether oxygens (including phenoxy) is 2. The highest BCUT2D eigenvalue weighted by molar-refractivity contribution is 5.49. The molecule has 0 bridgehead atoms. The second kappa shape index (κ2) is 4.69. The van der Waals surface area contributed by atoms with Crippen molar-refractivity contribution in [1.82, 2.24) is 4.98 Å². The van der Waals surface area contributed by atoms with Gasteiger partial charge in [0.25, 0.3) is 0 Å². The molecule has 0 N–H and O–H groups in total. The number of benzene rings is 1. The molecule has 18 heavy (non-hydrogen) atoms. The monoisotopic (exact) mass is 241 g/mol. The number of pyridine rings is 1. The summed E-state index contributed by atoms with van der Waals surface area (Å²) >= 11 is 0.